The van der Waals surface area contributed by atoms with Gasteiger partial charge < -0.3 is 4.74 Å². The zero-order valence-corrected chi connectivity index (χ0v) is 9.06. The minimum absolute atomic E-state index is 0.142. The number of carbonyl (C=O) groups is 1. The third kappa shape index (κ3) is 2.75. The van der Waals surface area contributed by atoms with Crippen molar-refractivity contribution in [2.45, 2.75) is 18.2 Å². The van der Waals surface area contributed by atoms with E-state index in [4.69, 9.17) is 9.88 Å². The fourth-order valence-electron chi connectivity index (χ4n) is 1.21. The normalized spacial score (nSPS) is 9.93. The molecule has 0 fully saturated rings. The maximum absolute atomic E-state index is 10.9. The van der Waals surface area contributed by atoms with Gasteiger partial charge in [0.15, 0.2) is 0 Å². The van der Waals surface area contributed by atoms with Crippen molar-refractivity contribution in [2.24, 2.45) is 5.14 Å². The van der Waals surface area contributed by atoms with Crippen LogP contribution >= 0.6 is 11.9 Å². The average Bonchev–Trinajstić information content (AvgIpc) is 2.16. The maximum Gasteiger partial charge on any atom is 0.134 e. The first-order valence-electron chi connectivity index (χ1n) is 4.20. The van der Waals surface area contributed by atoms with E-state index in [1.807, 2.05) is 18.2 Å². The van der Waals surface area contributed by atoms with Crippen LogP contribution in [0.1, 0.15) is 12.5 Å². The van der Waals surface area contributed by atoms with Crippen molar-refractivity contribution in [3.63, 3.8) is 0 Å². The Morgan fingerprint density at radius 2 is 2.29 bits per heavy atom. The molecule has 0 saturated heterocycles. The molecule has 4 heteroatoms. The minimum Gasteiger partial charge on any atom is -0.496 e. The van der Waals surface area contributed by atoms with Crippen LogP contribution in [0.2, 0.25) is 0 Å². The summed E-state index contributed by atoms with van der Waals surface area (Å²) >= 11 is 1.12. The van der Waals surface area contributed by atoms with Crippen molar-refractivity contribution < 1.29 is 9.53 Å². The Kier molecular flexibility index (Phi) is 3.98. The summed E-state index contributed by atoms with van der Waals surface area (Å²) in [6.45, 7) is 1.57. The van der Waals surface area contributed by atoms with Gasteiger partial charge in [-0.25, -0.2) is 0 Å². The second kappa shape index (κ2) is 5.02. The highest BCUT2D eigenvalue weighted by atomic mass is 32.2. The number of carbonyl (C=O) groups excluding carboxylic acids is 1. The summed E-state index contributed by atoms with van der Waals surface area (Å²) in [6, 6.07) is 5.58. The number of hydrogen-bond acceptors (Lipinski definition) is 4. The predicted octanol–water partition coefficient (Wildman–Crippen LogP) is 1.79. The van der Waals surface area contributed by atoms with Crippen LogP contribution in [-0.2, 0) is 11.2 Å². The third-order valence-corrected chi connectivity index (χ3v) is 2.38. The van der Waals surface area contributed by atoms with Crippen molar-refractivity contribution in [2.75, 3.05) is 7.11 Å². The zero-order valence-electron chi connectivity index (χ0n) is 8.24. The molecule has 1 aromatic rings. The Bertz CT molecular complexity index is 339. The Morgan fingerprint density at radius 3 is 2.79 bits per heavy atom. The molecule has 0 unspecified atom stereocenters. The summed E-state index contributed by atoms with van der Waals surface area (Å²) in [5, 5.41) is 5.48. The SMILES string of the molecule is COc1ccc(CC(C)=O)cc1SN. The van der Waals surface area contributed by atoms with Crippen LogP contribution in [0.4, 0.5) is 0 Å². The van der Waals surface area contributed by atoms with Gasteiger partial charge in [0.2, 0.25) is 0 Å². The first-order chi connectivity index (χ1) is 6.67. The van der Waals surface area contributed by atoms with Gasteiger partial charge in [-0.1, -0.05) is 6.07 Å². The highest BCUT2D eigenvalue weighted by Gasteiger charge is 2.04. The van der Waals surface area contributed by atoms with Gasteiger partial charge in [0.1, 0.15) is 11.5 Å². The summed E-state index contributed by atoms with van der Waals surface area (Å²) < 4.78 is 5.11. The smallest absolute Gasteiger partial charge is 0.134 e. The summed E-state index contributed by atoms with van der Waals surface area (Å²) in [7, 11) is 1.60. The molecular weight excluding hydrogens is 198 g/mol. The van der Waals surface area contributed by atoms with Gasteiger partial charge in [-0.3, -0.25) is 9.93 Å². The third-order valence-electron chi connectivity index (χ3n) is 1.81. The highest BCUT2D eigenvalue weighted by Crippen LogP contribution is 2.26. The first kappa shape index (κ1) is 11.1. The molecule has 0 spiro atoms. The van der Waals surface area contributed by atoms with Crippen LogP contribution in [0.15, 0.2) is 23.1 Å². The average molecular weight is 211 g/mol. The maximum atomic E-state index is 10.9. The minimum atomic E-state index is 0.142. The number of nitrogens with two attached hydrogens (primary N) is 1. The van der Waals surface area contributed by atoms with Crippen molar-refractivity contribution in [1.29, 1.82) is 0 Å². The zero-order chi connectivity index (χ0) is 10.6. The summed E-state index contributed by atoms with van der Waals surface area (Å²) in [5.41, 5.74) is 0.964. The van der Waals surface area contributed by atoms with Gasteiger partial charge in [-0.05, 0) is 36.6 Å². The Hall–Kier alpha value is -1.00. The lowest BCUT2D eigenvalue weighted by molar-refractivity contribution is -0.116. The number of rotatable bonds is 4. The lowest BCUT2D eigenvalue weighted by atomic mass is 10.1. The molecule has 3 nitrogen and oxygen atoms in total. The molecule has 0 aliphatic rings. The molecule has 0 atom stereocenters. The summed E-state index contributed by atoms with van der Waals surface area (Å²) in [6.07, 6.45) is 0.442. The molecule has 76 valence electrons. The van der Waals surface area contributed by atoms with E-state index in [1.54, 1.807) is 14.0 Å². The molecule has 0 bridgehead atoms. The topological polar surface area (TPSA) is 52.3 Å². The fraction of sp³-hybridized carbons (Fsp3) is 0.300. The number of hydrogen-bond donors (Lipinski definition) is 1. The molecule has 1 aromatic carbocycles. The largest absolute Gasteiger partial charge is 0.496 e. The standard InChI is InChI=1S/C10H13NO2S/c1-7(12)5-8-3-4-9(13-2)10(6-8)14-11/h3-4,6H,5,11H2,1-2H3. The summed E-state index contributed by atoms with van der Waals surface area (Å²) in [5.74, 6) is 0.882. The van der Waals surface area contributed by atoms with Crippen LogP contribution in [0, 0.1) is 0 Å². The van der Waals surface area contributed by atoms with E-state index < -0.39 is 0 Å². The number of methoxy groups -OCH3 is 1. The molecule has 14 heavy (non-hydrogen) atoms. The Labute approximate surface area is 87.8 Å². The molecule has 0 aliphatic heterocycles. The lowest BCUT2D eigenvalue weighted by Gasteiger charge is -2.07. The molecule has 1 rings (SSSR count). The molecule has 0 aromatic heterocycles. The monoisotopic (exact) mass is 211 g/mol. The summed E-state index contributed by atoms with van der Waals surface area (Å²) in [4.78, 5) is 11.8. The molecule has 0 radical (unpaired) electrons. The quantitative estimate of drug-likeness (QED) is 0.771. The number of ketones is 1. The van der Waals surface area contributed by atoms with Crippen LogP contribution in [0.5, 0.6) is 5.75 Å². The van der Waals surface area contributed by atoms with Gasteiger partial charge in [0, 0.05) is 6.42 Å². The van der Waals surface area contributed by atoms with Crippen LogP contribution in [-0.4, -0.2) is 12.9 Å². The number of ether oxygens (including phenoxy) is 1. The van der Waals surface area contributed by atoms with E-state index in [0.29, 0.717) is 6.42 Å². The second-order valence-corrected chi connectivity index (χ2v) is 3.66. The van der Waals surface area contributed by atoms with E-state index in [0.717, 1.165) is 28.2 Å². The Morgan fingerprint density at radius 1 is 1.57 bits per heavy atom. The van der Waals surface area contributed by atoms with Gasteiger partial charge in [-0.15, -0.1) is 0 Å². The second-order valence-electron chi connectivity index (χ2n) is 2.98. The van der Waals surface area contributed by atoms with Gasteiger partial charge >= 0.3 is 0 Å². The molecule has 0 heterocycles. The number of benzene rings is 1. The van der Waals surface area contributed by atoms with Gasteiger partial charge in [0.25, 0.3) is 0 Å². The van der Waals surface area contributed by atoms with Crippen LogP contribution in [0.3, 0.4) is 0 Å². The van der Waals surface area contributed by atoms with E-state index >= 15 is 0 Å². The highest BCUT2D eigenvalue weighted by molar-refractivity contribution is 7.97. The molecular formula is C10H13NO2S. The van der Waals surface area contributed by atoms with E-state index in [-0.39, 0.29) is 5.78 Å². The molecule has 0 saturated carbocycles. The van der Waals surface area contributed by atoms with Crippen LogP contribution < -0.4 is 9.88 Å². The van der Waals surface area contributed by atoms with Gasteiger partial charge in [0.05, 0.1) is 12.0 Å². The fourth-order valence-corrected chi connectivity index (χ4v) is 1.70. The van der Waals surface area contributed by atoms with Crippen molar-refractivity contribution >= 4 is 17.7 Å². The molecule has 2 N–H and O–H groups in total. The van der Waals surface area contributed by atoms with E-state index in [2.05, 4.69) is 0 Å². The van der Waals surface area contributed by atoms with E-state index in [1.165, 1.54) is 0 Å². The predicted molar refractivity (Wildman–Crippen MR) is 57.4 cm³/mol. The number of Topliss-reactive ketones (excluding diaryl/α,β-unsaturated/α-hetero) is 1. The molecule has 0 aliphatic carbocycles. The van der Waals surface area contributed by atoms with Crippen LogP contribution in [0.25, 0.3) is 0 Å². The van der Waals surface area contributed by atoms with Crippen molar-refractivity contribution in [3.8, 4) is 5.75 Å². The van der Waals surface area contributed by atoms with Gasteiger partial charge in [-0.2, -0.15) is 0 Å². The lowest BCUT2D eigenvalue weighted by Crippen LogP contribution is -1.97. The van der Waals surface area contributed by atoms with E-state index in [9.17, 15) is 4.79 Å². The van der Waals surface area contributed by atoms with Crippen molar-refractivity contribution in [1.82, 2.24) is 0 Å². The first-order valence-corrected chi connectivity index (χ1v) is 5.08. The Balaban J connectivity index is 2.95. The molecule has 0 amide bonds. The van der Waals surface area contributed by atoms with Crippen molar-refractivity contribution in [3.05, 3.63) is 23.8 Å².